The van der Waals surface area contributed by atoms with Crippen LogP contribution in [0.4, 0.5) is 0 Å². The summed E-state index contributed by atoms with van der Waals surface area (Å²) in [5.41, 5.74) is 1.19. The highest BCUT2D eigenvalue weighted by atomic mass is 127. The average Bonchev–Trinajstić information content (AvgIpc) is 3.08. The normalized spacial score (nSPS) is 13.2. The van der Waals surface area contributed by atoms with E-state index in [1.807, 2.05) is 12.3 Å². The minimum absolute atomic E-state index is 0. The molecule has 2 aromatic rings. The van der Waals surface area contributed by atoms with Crippen LogP contribution in [0.3, 0.4) is 0 Å². The number of guanidine groups is 1. The summed E-state index contributed by atoms with van der Waals surface area (Å²) in [5, 5.41) is 6.66. The van der Waals surface area contributed by atoms with Crippen LogP contribution in [0.1, 0.15) is 57.8 Å². The van der Waals surface area contributed by atoms with Crippen molar-refractivity contribution in [2.75, 3.05) is 13.6 Å². The fourth-order valence-electron chi connectivity index (χ4n) is 2.66. The van der Waals surface area contributed by atoms with Gasteiger partial charge in [0.25, 0.3) is 0 Å². The third kappa shape index (κ3) is 7.12. The molecule has 2 aromatic heterocycles. The molecule has 0 amide bonds. The summed E-state index contributed by atoms with van der Waals surface area (Å²) in [6.45, 7) is 12.0. The first-order valence-corrected chi connectivity index (χ1v) is 9.11. The highest BCUT2D eigenvalue weighted by Gasteiger charge is 2.19. The lowest BCUT2D eigenvalue weighted by atomic mass is 9.89. The minimum atomic E-state index is -0.0423. The van der Waals surface area contributed by atoms with Crippen molar-refractivity contribution in [3.05, 3.63) is 47.9 Å². The van der Waals surface area contributed by atoms with E-state index in [0.29, 0.717) is 24.3 Å². The molecule has 0 radical (unpaired) electrons. The Morgan fingerprint density at radius 1 is 1.22 bits per heavy atom. The molecule has 0 bridgehead atoms. The van der Waals surface area contributed by atoms with Gasteiger partial charge in [-0.15, -0.1) is 24.0 Å². The Labute approximate surface area is 179 Å². The van der Waals surface area contributed by atoms with Crippen LogP contribution in [0.2, 0.25) is 0 Å². The van der Waals surface area contributed by atoms with Gasteiger partial charge in [0.1, 0.15) is 5.76 Å². The Kier molecular flexibility index (Phi) is 9.21. The molecular weight excluding hydrogens is 453 g/mol. The van der Waals surface area contributed by atoms with Crippen LogP contribution in [-0.4, -0.2) is 29.5 Å². The van der Waals surface area contributed by atoms with Gasteiger partial charge in [0.05, 0.1) is 12.7 Å². The predicted octanol–water partition coefficient (Wildman–Crippen LogP) is 4.09. The zero-order chi connectivity index (χ0) is 19.2. The van der Waals surface area contributed by atoms with Crippen LogP contribution in [0.5, 0.6) is 0 Å². The topological polar surface area (TPSA) is 75.3 Å². The molecule has 0 spiro atoms. The zero-order valence-corrected chi connectivity index (χ0v) is 19.4. The SMILES string of the molecule is CN=C(NCc1ncc(C(C)(C)C)o1)NCC(c1cccnc1)C(C)C.I. The van der Waals surface area contributed by atoms with E-state index < -0.39 is 0 Å². The van der Waals surface area contributed by atoms with Gasteiger partial charge in [-0.25, -0.2) is 4.98 Å². The lowest BCUT2D eigenvalue weighted by molar-refractivity contribution is 0.379. The summed E-state index contributed by atoms with van der Waals surface area (Å²) in [4.78, 5) is 12.9. The molecule has 0 saturated heterocycles. The van der Waals surface area contributed by atoms with Gasteiger partial charge in [0, 0.05) is 37.3 Å². The largest absolute Gasteiger partial charge is 0.443 e. The summed E-state index contributed by atoms with van der Waals surface area (Å²) >= 11 is 0. The van der Waals surface area contributed by atoms with Crippen molar-refractivity contribution in [2.45, 2.75) is 52.5 Å². The Balaban J connectivity index is 0.00000364. The Hall–Kier alpha value is -1.64. The van der Waals surface area contributed by atoms with Gasteiger partial charge in [-0.1, -0.05) is 40.7 Å². The van der Waals surface area contributed by atoms with Crippen LogP contribution < -0.4 is 10.6 Å². The van der Waals surface area contributed by atoms with Crippen molar-refractivity contribution in [3.63, 3.8) is 0 Å². The highest BCUT2D eigenvalue weighted by Crippen LogP contribution is 2.23. The number of aromatic nitrogens is 2. The zero-order valence-electron chi connectivity index (χ0n) is 17.1. The second-order valence-corrected chi connectivity index (χ2v) is 7.81. The Bertz CT molecular complexity index is 707. The van der Waals surface area contributed by atoms with Gasteiger partial charge in [-0.2, -0.15) is 0 Å². The standard InChI is InChI=1S/C20H31N5O.HI/c1-14(2)16(15-8-7-9-22-10-15)11-24-19(21-6)25-13-18-23-12-17(26-18)20(3,4)5;/h7-10,12,14,16H,11,13H2,1-6H3,(H2,21,24,25);1H. The molecule has 1 atom stereocenters. The number of halogens is 1. The molecule has 0 fully saturated rings. The first-order chi connectivity index (χ1) is 12.3. The van der Waals surface area contributed by atoms with E-state index in [0.717, 1.165) is 18.3 Å². The summed E-state index contributed by atoms with van der Waals surface area (Å²) < 4.78 is 5.81. The van der Waals surface area contributed by atoms with Crippen LogP contribution >= 0.6 is 24.0 Å². The molecule has 2 rings (SSSR count). The van der Waals surface area contributed by atoms with Gasteiger partial charge < -0.3 is 15.1 Å². The second-order valence-electron chi connectivity index (χ2n) is 7.81. The molecule has 1 unspecified atom stereocenters. The maximum Gasteiger partial charge on any atom is 0.213 e. The van der Waals surface area contributed by atoms with E-state index in [1.165, 1.54) is 5.56 Å². The van der Waals surface area contributed by atoms with Crippen LogP contribution in [-0.2, 0) is 12.0 Å². The van der Waals surface area contributed by atoms with Crippen LogP contribution in [0, 0.1) is 5.92 Å². The van der Waals surface area contributed by atoms with E-state index in [9.17, 15) is 0 Å². The molecule has 0 aliphatic heterocycles. The lowest BCUT2D eigenvalue weighted by Crippen LogP contribution is -2.39. The van der Waals surface area contributed by atoms with Gasteiger partial charge in [-0.3, -0.25) is 9.98 Å². The van der Waals surface area contributed by atoms with E-state index in [4.69, 9.17) is 4.42 Å². The van der Waals surface area contributed by atoms with E-state index >= 15 is 0 Å². The summed E-state index contributed by atoms with van der Waals surface area (Å²) in [5.74, 6) is 3.12. The minimum Gasteiger partial charge on any atom is -0.443 e. The molecule has 6 nitrogen and oxygen atoms in total. The van der Waals surface area contributed by atoms with E-state index in [1.54, 1.807) is 19.4 Å². The maximum absolute atomic E-state index is 5.81. The van der Waals surface area contributed by atoms with Crippen molar-refractivity contribution in [3.8, 4) is 0 Å². The molecule has 150 valence electrons. The van der Waals surface area contributed by atoms with Crippen LogP contribution in [0.25, 0.3) is 0 Å². The Morgan fingerprint density at radius 2 is 1.96 bits per heavy atom. The molecule has 0 saturated carbocycles. The third-order valence-corrected chi connectivity index (χ3v) is 4.33. The summed E-state index contributed by atoms with van der Waals surface area (Å²) in [6, 6.07) is 4.10. The number of nitrogens with one attached hydrogen (secondary N) is 2. The molecule has 7 heteroatoms. The van der Waals surface area contributed by atoms with Crippen molar-refractivity contribution in [1.82, 2.24) is 20.6 Å². The van der Waals surface area contributed by atoms with Crippen molar-refractivity contribution in [1.29, 1.82) is 0 Å². The number of aliphatic imine (C=N–C) groups is 1. The van der Waals surface area contributed by atoms with Crippen molar-refractivity contribution >= 4 is 29.9 Å². The van der Waals surface area contributed by atoms with Gasteiger partial charge in [-0.05, 0) is 17.5 Å². The fourth-order valence-corrected chi connectivity index (χ4v) is 2.66. The number of pyridine rings is 1. The smallest absolute Gasteiger partial charge is 0.213 e. The molecule has 0 aliphatic rings. The average molecular weight is 485 g/mol. The number of rotatable bonds is 6. The molecule has 0 aliphatic carbocycles. The maximum atomic E-state index is 5.81. The number of nitrogens with zero attached hydrogens (tertiary/aromatic N) is 3. The van der Waals surface area contributed by atoms with Gasteiger partial charge in [0.2, 0.25) is 5.89 Å². The second kappa shape index (κ2) is 10.6. The predicted molar refractivity (Wildman–Crippen MR) is 121 cm³/mol. The number of hydrogen-bond donors (Lipinski definition) is 2. The van der Waals surface area contributed by atoms with E-state index in [-0.39, 0.29) is 29.4 Å². The monoisotopic (exact) mass is 485 g/mol. The van der Waals surface area contributed by atoms with Crippen molar-refractivity contribution < 1.29 is 4.42 Å². The summed E-state index contributed by atoms with van der Waals surface area (Å²) in [6.07, 6.45) is 5.53. The van der Waals surface area contributed by atoms with Gasteiger partial charge in [0.15, 0.2) is 5.96 Å². The number of oxazole rings is 1. The van der Waals surface area contributed by atoms with Crippen molar-refractivity contribution in [2.24, 2.45) is 10.9 Å². The van der Waals surface area contributed by atoms with Crippen LogP contribution in [0.15, 0.2) is 40.1 Å². The molecule has 0 aromatic carbocycles. The lowest BCUT2D eigenvalue weighted by Gasteiger charge is -2.22. The first kappa shape index (κ1) is 23.4. The third-order valence-electron chi connectivity index (χ3n) is 4.33. The Morgan fingerprint density at radius 3 is 2.48 bits per heavy atom. The molecule has 27 heavy (non-hydrogen) atoms. The first-order valence-electron chi connectivity index (χ1n) is 9.11. The highest BCUT2D eigenvalue weighted by molar-refractivity contribution is 14.0. The molecule has 2 heterocycles. The van der Waals surface area contributed by atoms with E-state index in [2.05, 4.69) is 66.3 Å². The fraction of sp³-hybridized carbons (Fsp3) is 0.550. The molecular formula is C20H32IN5O. The quantitative estimate of drug-likeness (QED) is 0.366. The van der Waals surface area contributed by atoms with Gasteiger partial charge >= 0.3 is 0 Å². The molecule has 2 N–H and O–H groups in total. The summed E-state index contributed by atoms with van der Waals surface area (Å²) in [7, 11) is 1.76. The number of hydrogen-bond acceptors (Lipinski definition) is 4.